The summed E-state index contributed by atoms with van der Waals surface area (Å²) in [6.07, 6.45) is 1.85. The number of rotatable bonds is 2. The van der Waals surface area contributed by atoms with Crippen LogP contribution in [0.15, 0.2) is 29.2 Å². The normalized spacial score (nSPS) is 16.8. The van der Waals surface area contributed by atoms with E-state index in [1.54, 1.807) is 0 Å². The molecule has 1 aliphatic heterocycles. The molecule has 1 fully saturated rings. The van der Waals surface area contributed by atoms with Crippen molar-refractivity contribution in [2.24, 2.45) is 0 Å². The molecule has 92 valence electrons. The van der Waals surface area contributed by atoms with Crippen molar-refractivity contribution in [1.29, 1.82) is 0 Å². The van der Waals surface area contributed by atoms with E-state index < -0.39 is 0 Å². The lowest BCUT2D eigenvalue weighted by atomic mass is 10.1. The molecule has 1 aromatic rings. The molecule has 0 radical (unpaired) electrons. The van der Waals surface area contributed by atoms with Crippen LogP contribution in [0, 0.1) is 0 Å². The first-order valence-electron chi connectivity index (χ1n) is 5.82. The van der Waals surface area contributed by atoms with Crippen molar-refractivity contribution in [2.75, 3.05) is 20.3 Å². The van der Waals surface area contributed by atoms with Gasteiger partial charge in [0.1, 0.15) is 0 Å². The summed E-state index contributed by atoms with van der Waals surface area (Å²) < 4.78 is 5.30. The first kappa shape index (κ1) is 12.5. The Kier molecular flexibility index (Phi) is 4.07. The number of hydrogen-bond acceptors (Lipinski definition) is 3. The molecule has 3 nitrogen and oxygen atoms in total. The largest absolute Gasteiger partial charge is 0.381 e. The van der Waals surface area contributed by atoms with Gasteiger partial charge in [0, 0.05) is 36.8 Å². The van der Waals surface area contributed by atoms with Gasteiger partial charge in [-0.15, -0.1) is 12.6 Å². The van der Waals surface area contributed by atoms with Crippen molar-refractivity contribution in [1.82, 2.24) is 4.90 Å². The van der Waals surface area contributed by atoms with Crippen molar-refractivity contribution in [2.45, 2.75) is 23.8 Å². The van der Waals surface area contributed by atoms with Crippen molar-refractivity contribution >= 4 is 18.5 Å². The number of ether oxygens (including phenoxy) is 1. The molecule has 4 heteroatoms. The first-order chi connectivity index (χ1) is 8.18. The zero-order valence-corrected chi connectivity index (χ0v) is 10.8. The summed E-state index contributed by atoms with van der Waals surface area (Å²) >= 11 is 4.21. The average molecular weight is 251 g/mol. The van der Waals surface area contributed by atoms with Crippen LogP contribution in [0.25, 0.3) is 0 Å². The Hall–Kier alpha value is -1.00. The summed E-state index contributed by atoms with van der Waals surface area (Å²) in [6.45, 7) is 1.50. The SMILES string of the molecule is CN(C(=O)c1ccc(S)cc1)C1CCOCC1. The van der Waals surface area contributed by atoms with Crippen LogP contribution < -0.4 is 0 Å². The topological polar surface area (TPSA) is 29.5 Å². The number of hydrogen-bond donors (Lipinski definition) is 1. The van der Waals surface area contributed by atoms with Crippen molar-refractivity contribution in [3.63, 3.8) is 0 Å². The summed E-state index contributed by atoms with van der Waals surface area (Å²) in [5.41, 5.74) is 0.719. The van der Waals surface area contributed by atoms with Gasteiger partial charge < -0.3 is 9.64 Å². The number of thiol groups is 1. The molecule has 0 aliphatic carbocycles. The summed E-state index contributed by atoms with van der Waals surface area (Å²) in [5.74, 6) is 0.0743. The molecule has 0 aromatic heterocycles. The molecule has 17 heavy (non-hydrogen) atoms. The molecule has 1 heterocycles. The Morgan fingerprint density at radius 2 is 1.88 bits per heavy atom. The highest BCUT2D eigenvalue weighted by atomic mass is 32.1. The zero-order valence-electron chi connectivity index (χ0n) is 9.93. The maximum atomic E-state index is 12.2. The molecule has 0 atom stereocenters. The lowest BCUT2D eigenvalue weighted by Gasteiger charge is -2.31. The van der Waals surface area contributed by atoms with E-state index in [0.717, 1.165) is 36.5 Å². The molecule has 2 rings (SSSR count). The second-order valence-electron chi connectivity index (χ2n) is 4.31. The quantitative estimate of drug-likeness (QED) is 0.817. The third kappa shape index (κ3) is 3.01. The first-order valence-corrected chi connectivity index (χ1v) is 6.27. The van der Waals surface area contributed by atoms with E-state index in [1.807, 2.05) is 36.2 Å². The minimum absolute atomic E-state index is 0.0743. The molecule has 0 bridgehead atoms. The van der Waals surface area contributed by atoms with E-state index >= 15 is 0 Å². The highest BCUT2D eigenvalue weighted by Crippen LogP contribution is 2.16. The Labute approximate surface area is 107 Å². The van der Waals surface area contributed by atoms with E-state index in [1.165, 1.54) is 0 Å². The molecule has 0 saturated carbocycles. The van der Waals surface area contributed by atoms with Gasteiger partial charge in [-0.25, -0.2) is 0 Å². The van der Waals surface area contributed by atoms with Gasteiger partial charge in [0.05, 0.1) is 0 Å². The maximum absolute atomic E-state index is 12.2. The van der Waals surface area contributed by atoms with Crippen LogP contribution in [-0.2, 0) is 4.74 Å². The fraction of sp³-hybridized carbons (Fsp3) is 0.462. The van der Waals surface area contributed by atoms with Crippen LogP contribution in [0.2, 0.25) is 0 Å². The summed E-state index contributed by atoms with van der Waals surface area (Å²) in [6, 6.07) is 7.62. The molecule has 0 unspecified atom stereocenters. The predicted molar refractivity (Wildman–Crippen MR) is 69.6 cm³/mol. The fourth-order valence-electron chi connectivity index (χ4n) is 2.05. The van der Waals surface area contributed by atoms with Crippen LogP contribution in [0.4, 0.5) is 0 Å². The average Bonchev–Trinajstić information content (AvgIpc) is 2.39. The van der Waals surface area contributed by atoms with Gasteiger partial charge in [-0.05, 0) is 37.1 Å². The van der Waals surface area contributed by atoms with E-state index in [2.05, 4.69) is 12.6 Å². The number of benzene rings is 1. The van der Waals surface area contributed by atoms with Gasteiger partial charge >= 0.3 is 0 Å². The van der Waals surface area contributed by atoms with Gasteiger partial charge in [-0.2, -0.15) is 0 Å². The second-order valence-corrected chi connectivity index (χ2v) is 4.82. The number of carbonyl (C=O) groups excluding carboxylic acids is 1. The highest BCUT2D eigenvalue weighted by Gasteiger charge is 2.23. The van der Waals surface area contributed by atoms with E-state index in [4.69, 9.17) is 4.74 Å². The lowest BCUT2D eigenvalue weighted by molar-refractivity contribution is 0.0362. The van der Waals surface area contributed by atoms with E-state index in [-0.39, 0.29) is 5.91 Å². The third-order valence-electron chi connectivity index (χ3n) is 3.17. The van der Waals surface area contributed by atoms with Gasteiger partial charge in [0.15, 0.2) is 0 Å². The monoisotopic (exact) mass is 251 g/mol. The van der Waals surface area contributed by atoms with E-state index in [9.17, 15) is 4.79 Å². The van der Waals surface area contributed by atoms with Crippen molar-refractivity contribution in [3.8, 4) is 0 Å². The number of nitrogens with zero attached hydrogens (tertiary/aromatic N) is 1. The molecule has 1 aromatic carbocycles. The molecule has 1 amide bonds. The third-order valence-corrected chi connectivity index (χ3v) is 3.47. The van der Waals surface area contributed by atoms with Crippen LogP contribution >= 0.6 is 12.6 Å². The van der Waals surface area contributed by atoms with Crippen molar-refractivity contribution in [3.05, 3.63) is 29.8 Å². The number of carbonyl (C=O) groups is 1. The minimum atomic E-state index is 0.0743. The smallest absolute Gasteiger partial charge is 0.253 e. The van der Waals surface area contributed by atoms with Gasteiger partial charge in [-0.3, -0.25) is 4.79 Å². The van der Waals surface area contributed by atoms with Gasteiger partial charge in [0.2, 0.25) is 0 Å². The van der Waals surface area contributed by atoms with Gasteiger partial charge in [-0.1, -0.05) is 0 Å². The van der Waals surface area contributed by atoms with Crippen LogP contribution in [0.5, 0.6) is 0 Å². The Morgan fingerprint density at radius 1 is 1.29 bits per heavy atom. The second kappa shape index (κ2) is 5.56. The molecule has 0 N–H and O–H groups in total. The van der Waals surface area contributed by atoms with Crippen LogP contribution in [-0.4, -0.2) is 37.1 Å². The predicted octanol–water partition coefficient (Wildman–Crippen LogP) is 2.23. The number of amides is 1. The molecule has 1 saturated heterocycles. The highest BCUT2D eigenvalue weighted by molar-refractivity contribution is 7.80. The lowest BCUT2D eigenvalue weighted by Crippen LogP contribution is -2.40. The fourth-order valence-corrected chi connectivity index (χ4v) is 2.19. The Balaban J connectivity index is 2.05. The maximum Gasteiger partial charge on any atom is 0.253 e. The molecule has 0 spiro atoms. The summed E-state index contributed by atoms with van der Waals surface area (Å²) in [4.78, 5) is 14.9. The van der Waals surface area contributed by atoms with Gasteiger partial charge in [0.25, 0.3) is 5.91 Å². The molecular formula is C13H17NO2S. The molecular weight excluding hydrogens is 234 g/mol. The summed E-state index contributed by atoms with van der Waals surface area (Å²) in [5, 5.41) is 0. The van der Waals surface area contributed by atoms with Crippen molar-refractivity contribution < 1.29 is 9.53 Å². The Morgan fingerprint density at radius 3 is 2.47 bits per heavy atom. The minimum Gasteiger partial charge on any atom is -0.381 e. The zero-order chi connectivity index (χ0) is 12.3. The summed E-state index contributed by atoms with van der Waals surface area (Å²) in [7, 11) is 1.87. The Bertz CT molecular complexity index is 385. The molecule has 1 aliphatic rings. The van der Waals surface area contributed by atoms with Crippen LogP contribution in [0.3, 0.4) is 0 Å². The van der Waals surface area contributed by atoms with Crippen LogP contribution in [0.1, 0.15) is 23.2 Å². The standard InChI is InChI=1S/C13H17NO2S/c1-14(11-6-8-16-9-7-11)13(15)10-2-4-12(17)5-3-10/h2-5,11,17H,6-9H2,1H3. The van der Waals surface area contributed by atoms with E-state index in [0.29, 0.717) is 6.04 Å².